The van der Waals surface area contributed by atoms with Gasteiger partial charge in [-0.15, -0.1) is 11.8 Å². The number of halogens is 1. The van der Waals surface area contributed by atoms with Crippen LogP contribution < -0.4 is 5.32 Å². The molecule has 2 aromatic carbocycles. The van der Waals surface area contributed by atoms with Gasteiger partial charge in [0.05, 0.1) is 10.9 Å². The summed E-state index contributed by atoms with van der Waals surface area (Å²) in [5, 5.41) is 2.94. The molecule has 0 saturated carbocycles. The second kappa shape index (κ2) is 8.63. The Bertz CT molecular complexity index is 958. The molecule has 0 unspecified atom stereocenters. The van der Waals surface area contributed by atoms with E-state index in [0.717, 1.165) is 11.3 Å². The van der Waals surface area contributed by atoms with Crippen molar-refractivity contribution in [2.45, 2.75) is 36.1 Å². The molecule has 1 aliphatic heterocycles. The molecule has 0 fully saturated rings. The maximum Gasteiger partial charge on any atom is 0.251 e. The zero-order valence-corrected chi connectivity index (χ0v) is 17.4. The van der Waals surface area contributed by atoms with Crippen LogP contribution in [0.25, 0.3) is 0 Å². The van der Waals surface area contributed by atoms with Crippen LogP contribution >= 0.6 is 11.8 Å². The van der Waals surface area contributed by atoms with Gasteiger partial charge in [-0.1, -0.05) is 26.0 Å². The average molecular weight is 423 g/mol. The van der Waals surface area contributed by atoms with E-state index in [4.69, 9.17) is 0 Å². The lowest BCUT2D eigenvalue weighted by atomic mass is 10.0. The first-order chi connectivity index (χ1) is 13.4. The van der Waals surface area contributed by atoms with Gasteiger partial charge in [-0.2, -0.15) is 4.31 Å². The monoisotopic (exact) mass is 422 g/mol. The van der Waals surface area contributed by atoms with E-state index in [1.165, 1.54) is 46.4 Å². The second-order valence-corrected chi connectivity index (χ2v) is 9.48. The van der Waals surface area contributed by atoms with Crippen LogP contribution in [0.4, 0.5) is 4.39 Å². The number of thioether (sulfide) groups is 1. The Kier molecular flexibility index (Phi) is 6.42. The topological polar surface area (TPSA) is 66.5 Å². The molecule has 28 heavy (non-hydrogen) atoms. The van der Waals surface area contributed by atoms with Gasteiger partial charge in [0, 0.05) is 29.3 Å². The third-order valence-electron chi connectivity index (χ3n) is 4.79. The first kappa shape index (κ1) is 20.8. The smallest absolute Gasteiger partial charge is 0.251 e. The van der Waals surface area contributed by atoms with Crippen molar-refractivity contribution in [1.82, 2.24) is 9.62 Å². The van der Waals surface area contributed by atoms with Gasteiger partial charge < -0.3 is 5.32 Å². The normalized spacial score (nSPS) is 16.6. The average Bonchev–Trinajstić information content (AvgIpc) is 2.69. The van der Waals surface area contributed by atoms with E-state index >= 15 is 0 Å². The van der Waals surface area contributed by atoms with Crippen molar-refractivity contribution in [2.75, 3.05) is 18.8 Å². The van der Waals surface area contributed by atoms with Crippen molar-refractivity contribution in [3.63, 3.8) is 0 Å². The number of nitrogens with zero attached hydrogens (tertiary/aromatic N) is 1. The summed E-state index contributed by atoms with van der Waals surface area (Å²) >= 11 is 1.46. The predicted octanol–water partition coefficient (Wildman–Crippen LogP) is 3.82. The summed E-state index contributed by atoms with van der Waals surface area (Å²) in [6.45, 7) is 4.34. The SMILES string of the molecule is CCN(CC)S(=O)(=O)c1ccc(C(=O)N[C@H]2CCSc3c(F)cccc32)cc1. The molecule has 0 bridgehead atoms. The highest BCUT2D eigenvalue weighted by atomic mass is 32.2. The Labute approximate surface area is 169 Å². The standard InChI is InChI=1S/C20H23FN2O3S2/c1-3-23(4-2)28(25,26)15-10-8-14(9-11-15)20(24)22-18-12-13-27-19-16(18)6-5-7-17(19)21/h5-11,18H,3-4,12-13H2,1-2H3,(H,22,24)/t18-/m0/s1. The fraction of sp³-hybridized carbons (Fsp3) is 0.350. The number of sulfonamides is 1. The van der Waals surface area contributed by atoms with E-state index in [-0.39, 0.29) is 22.7 Å². The Morgan fingerprint density at radius 2 is 1.86 bits per heavy atom. The van der Waals surface area contributed by atoms with Crippen molar-refractivity contribution in [3.8, 4) is 0 Å². The number of rotatable bonds is 6. The van der Waals surface area contributed by atoms with Gasteiger partial charge in [0.25, 0.3) is 5.91 Å². The summed E-state index contributed by atoms with van der Waals surface area (Å²) in [5.74, 6) is 0.145. The van der Waals surface area contributed by atoms with Gasteiger partial charge in [-0.25, -0.2) is 12.8 Å². The van der Waals surface area contributed by atoms with Crippen LogP contribution in [-0.4, -0.2) is 37.5 Å². The third kappa shape index (κ3) is 4.09. The number of amides is 1. The fourth-order valence-electron chi connectivity index (χ4n) is 3.27. The van der Waals surface area contributed by atoms with E-state index in [9.17, 15) is 17.6 Å². The zero-order valence-electron chi connectivity index (χ0n) is 15.8. The van der Waals surface area contributed by atoms with Crippen LogP contribution in [0, 0.1) is 5.82 Å². The number of nitrogens with one attached hydrogen (secondary N) is 1. The van der Waals surface area contributed by atoms with Crippen molar-refractivity contribution < 1.29 is 17.6 Å². The van der Waals surface area contributed by atoms with E-state index in [1.807, 2.05) is 6.07 Å². The Balaban J connectivity index is 1.78. The van der Waals surface area contributed by atoms with Gasteiger partial charge in [-0.05, 0) is 42.3 Å². The highest BCUT2D eigenvalue weighted by molar-refractivity contribution is 7.99. The lowest BCUT2D eigenvalue weighted by Crippen LogP contribution is -2.31. The molecule has 5 nitrogen and oxygen atoms in total. The lowest BCUT2D eigenvalue weighted by molar-refractivity contribution is 0.0934. The van der Waals surface area contributed by atoms with Crippen LogP contribution in [0.3, 0.4) is 0 Å². The number of carbonyl (C=O) groups is 1. The fourth-order valence-corrected chi connectivity index (χ4v) is 5.87. The van der Waals surface area contributed by atoms with Gasteiger partial charge in [0.1, 0.15) is 5.82 Å². The lowest BCUT2D eigenvalue weighted by Gasteiger charge is -2.26. The van der Waals surface area contributed by atoms with E-state index in [0.29, 0.717) is 30.0 Å². The van der Waals surface area contributed by atoms with Crippen LogP contribution in [0.15, 0.2) is 52.3 Å². The zero-order chi connectivity index (χ0) is 20.3. The molecule has 1 amide bonds. The van der Waals surface area contributed by atoms with Crippen LogP contribution in [0.5, 0.6) is 0 Å². The molecule has 0 aliphatic carbocycles. The van der Waals surface area contributed by atoms with Crippen LogP contribution in [0.2, 0.25) is 0 Å². The quantitative estimate of drug-likeness (QED) is 0.769. The van der Waals surface area contributed by atoms with E-state index < -0.39 is 10.0 Å². The van der Waals surface area contributed by atoms with E-state index in [2.05, 4.69) is 5.32 Å². The first-order valence-electron chi connectivity index (χ1n) is 9.20. The summed E-state index contributed by atoms with van der Waals surface area (Å²) in [4.78, 5) is 13.4. The summed E-state index contributed by atoms with van der Waals surface area (Å²) < 4.78 is 40.5. The molecule has 0 aromatic heterocycles. The molecule has 1 atom stereocenters. The Morgan fingerprint density at radius 3 is 2.50 bits per heavy atom. The minimum Gasteiger partial charge on any atom is -0.345 e. The molecule has 1 N–H and O–H groups in total. The molecule has 2 aromatic rings. The van der Waals surface area contributed by atoms with Crippen molar-refractivity contribution in [3.05, 3.63) is 59.4 Å². The maximum absolute atomic E-state index is 14.0. The highest BCUT2D eigenvalue weighted by Gasteiger charge is 2.25. The number of hydrogen-bond donors (Lipinski definition) is 1. The maximum atomic E-state index is 14.0. The molecule has 3 rings (SSSR count). The third-order valence-corrected chi connectivity index (χ3v) is 8.01. The minimum absolute atomic E-state index is 0.161. The Hall–Kier alpha value is -1.90. The molecule has 0 spiro atoms. The highest BCUT2D eigenvalue weighted by Crippen LogP contribution is 2.37. The van der Waals surface area contributed by atoms with Gasteiger partial charge in [0.2, 0.25) is 10.0 Å². The van der Waals surface area contributed by atoms with Crippen molar-refractivity contribution in [1.29, 1.82) is 0 Å². The predicted molar refractivity (Wildman–Crippen MR) is 108 cm³/mol. The van der Waals surface area contributed by atoms with Crippen molar-refractivity contribution >= 4 is 27.7 Å². The molecule has 1 aliphatic rings. The van der Waals surface area contributed by atoms with Crippen molar-refractivity contribution in [2.24, 2.45) is 0 Å². The van der Waals surface area contributed by atoms with E-state index in [1.54, 1.807) is 19.9 Å². The van der Waals surface area contributed by atoms with Gasteiger partial charge in [-0.3, -0.25) is 4.79 Å². The summed E-state index contributed by atoms with van der Waals surface area (Å²) in [5.41, 5.74) is 1.15. The summed E-state index contributed by atoms with van der Waals surface area (Å²) in [7, 11) is -3.56. The molecule has 0 saturated heterocycles. The number of carbonyl (C=O) groups excluding carboxylic acids is 1. The summed E-state index contributed by atoms with van der Waals surface area (Å²) in [6, 6.07) is 10.6. The molecule has 150 valence electrons. The molecule has 1 heterocycles. The molecular weight excluding hydrogens is 399 g/mol. The molecular formula is C20H23FN2O3S2. The molecule has 8 heteroatoms. The molecule has 0 radical (unpaired) electrons. The largest absolute Gasteiger partial charge is 0.345 e. The summed E-state index contributed by atoms with van der Waals surface area (Å²) in [6.07, 6.45) is 0.710. The number of benzene rings is 2. The Morgan fingerprint density at radius 1 is 1.18 bits per heavy atom. The van der Waals surface area contributed by atoms with Crippen LogP contribution in [-0.2, 0) is 10.0 Å². The van der Waals surface area contributed by atoms with Gasteiger partial charge in [0.15, 0.2) is 0 Å². The minimum atomic E-state index is -3.56. The number of hydrogen-bond acceptors (Lipinski definition) is 4. The van der Waals surface area contributed by atoms with Crippen LogP contribution in [0.1, 0.15) is 42.2 Å². The first-order valence-corrected chi connectivity index (χ1v) is 11.6. The van der Waals surface area contributed by atoms with Gasteiger partial charge >= 0.3 is 0 Å². The number of fused-ring (bicyclic) bond motifs is 1. The second-order valence-electron chi connectivity index (χ2n) is 6.44.